The van der Waals surface area contributed by atoms with Crippen molar-refractivity contribution in [3.63, 3.8) is 0 Å². The number of rotatable bonds is 1. The molecule has 0 aromatic heterocycles. The van der Waals surface area contributed by atoms with Crippen LogP contribution in [0.5, 0.6) is 0 Å². The molecule has 1 N–H and O–H groups in total. The van der Waals surface area contributed by atoms with Gasteiger partial charge in [0.05, 0.1) is 5.92 Å². The molecule has 0 spiro atoms. The van der Waals surface area contributed by atoms with Gasteiger partial charge < -0.3 is 5.11 Å². The summed E-state index contributed by atoms with van der Waals surface area (Å²) in [4.78, 5) is 9.76. The first kappa shape index (κ1) is 6.96. The summed E-state index contributed by atoms with van der Waals surface area (Å²) < 4.78 is 0. The maximum Gasteiger partial charge on any atom is 0.306 e. The summed E-state index contributed by atoms with van der Waals surface area (Å²) in [5.41, 5.74) is 0. The maximum absolute atomic E-state index is 9.76. The molecule has 1 aliphatic rings. The fourth-order valence-electron chi connectivity index (χ4n) is 0.330. The number of aliphatic carboxylic acids is 1. The average Bonchev–Trinajstić information content (AvgIpc) is 2.06. The van der Waals surface area contributed by atoms with Crippen molar-refractivity contribution in [3.8, 4) is 0 Å². The number of carboxylic acid groups (broad SMARTS) is 1. The molecule has 0 aromatic carbocycles. The van der Waals surface area contributed by atoms with Crippen molar-refractivity contribution in [2.24, 2.45) is 5.92 Å². The zero-order valence-electron chi connectivity index (χ0n) is 3.66. The van der Waals surface area contributed by atoms with Crippen molar-refractivity contribution in [2.45, 2.75) is 12.8 Å². The van der Waals surface area contributed by atoms with Crippen LogP contribution in [0.25, 0.3) is 0 Å². The van der Waals surface area contributed by atoms with Gasteiger partial charge in [0.25, 0.3) is 0 Å². The van der Waals surface area contributed by atoms with E-state index < -0.39 is 5.97 Å². The molecule has 0 aliphatic heterocycles. The zero-order chi connectivity index (χ0) is 4.57. The van der Waals surface area contributed by atoms with Crippen LogP contribution in [0, 0.1) is 5.92 Å². The monoisotopic (exact) mass is 144 g/mol. The van der Waals surface area contributed by atoms with E-state index in [1.807, 2.05) is 0 Å². The summed E-state index contributed by atoms with van der Waals surface area (Å²) in [6, 6.07) is 0. The predicted octanol–water partition coefficient (Wildman–Crippen LogP) is 0.479. The Hall–Kier alpha value is -0.0365. The van der Waals surface area contributed by atoms with E-state index in [4.69, 9.17) is 5.11 Å². The third kappa shape index (κ3) is 1.93. The Bertz CT molecular complexity index is 77.8. The van der Waals surface area contributed by atoms with E-state index in [-0.39, 0.29) is 22.4 Å². The Morgan fingerprint density at radius 2 is 2.00 bits per heavy atom. The summed E-state index contributed by atoms with van der Waals surface area (Å²) in [5.74, 6) is -0.611. The first-order chi connectivity index (χ1) is 2.80. The summed E-state index contributed by atoms with van der Waals surface area (Å²) >= 11 is 0. The van der Waals surface area contributed by atoms with Crippen molar-refractivity contribution in [1.82, 2.24) is 0 Å². The second-order valence-electron chi connectivity index (χ2n) is 1.61. The van der Waals surface area contributed by atoms with Crippen molar-refractivity contribution < 1.29 is 26.4 Å². The third-order valence-electron chi connectivity index (χ3n) is 0.927. The van der Waals surface area contributed by atoms with Crippen LogP contribution in [-0.2, 0) is 21.3 Å². The van der Waals surface area contributed by atoms with E-state index in [9.17, 15) is 4.79 Å². The van der Waals surface area contributed by atoms with Gasteiger partial charge in [0.2, 0.25) is 0 Å². The standard InChI is InChI=1S/C4H6O2.Ni/c5-4(6)3-1-2-3;/h3H,1-2H2,(H,5,6);. The molecule has 0 radical (unpaired) electrons. The fraction of sp³-hybridized carbons (Fsp3) is 0.750. The Balaban J connectivity index is 0.000000360. The van der Waals surface area contributed by atoms with E-state index in [0.717, 1.165) is 12.8 Å². The molecular formula is C4H6NiO2. The quantitative estimate of drug-likeness (QED) is 0.544. The van der Waals surface area contributed by atoms with Crippen molar-refractivity contribution in [3.05, 3.63) is 0 Å². The van der Waals surface area contributed by atoms with Crippen LogP contribution in [-0.4, -0.2) is 11.1 Å². The molecular weight excluding hydrogens is 139 g/mol. The largest absolute Gasteiger partial charge is 0.481 e. The molecule has 1 fully saturated rings. The molecule has 0 bridgehead atoms. The predicted molar refractivity (Wildman–Crippen MR) is 20.4 cm³/mol. The Kier molecular flexibility index (Phi) is 2.30. The van der Waals surface area contributed by atoms with Crippen LogP contribution < -0.4 is 0 Å². The Morgan fingerprint density at radius 3 is 2.00 bits per heavy atom. The molecule has 0 aromatic rings. The summed E-state index contributed by atoms with van der Waals surface area (Å²) in [6.07, 6.45) is 1.80. The van der Waals surface area contributed by atoms with Gasteiger partial charge in [0, 0.05) is 16.5 Å². The van der Waals surface area contributed by atoms with Gasteiger partial charge in [-0.15, -0.1) is 0 Å². The van der Waals surface area contributed by atoms with Gasteiger partial charge in [-0.05, 0) is 12.8 Å². The van der Waals surface area contributed by atoms with Gasteiger partial charge in [-0.25, -0.2) is 0 Å². The minimum Gasteiger partial charge on any atom is -0.481 e. The molecule has 0 saturated heterocycles. The second-order valence-corrected chi connectivity index (χ2v) is 1.61. The molecule has 44 valence electrons. The summed E-state index contributed by atoms with van der Waals surface area (Å²) in [6.45, 7) is 0. The third-order valence-corrected chi connectivity index (χ3v) is 0.927. The van der Waals surface area contributed by atoms with Gasteiger partial charge in [-0.2, -0.15) is 0 Å². The first-order valence-corrected chi connectivity index (χ1v) is 2.03. The van der Waals surface area contributed by atoms with Crippen LogP contribution in [0.4, 0.5) is 0 Å². The molecule has 1 aliphatic carbocycles. The second kappa shape index (κ2) is 2.32. The Morgan fingerprint density at radius 1 is 1.57 bits per heavy atom. The number of hydrogen-bond acceptors (Lipinski definition) is 1. The van der Waals surface area contributed by atoms with Gasteiger partial charge >= 0.3 is 5.97 Å². The van der Waals surface area contributed by atoms with E-state index >= 15 is 0 Å². The molecule has 0 atom stereocenters. The molecule has 0 heterocycles. The normalized spacial score (nSPS) is 17.7. The van der Waals surface area contributed by atoms with Crippen LogP contribution in [0.2, 0.25) is 0 Å². The molecule has 1 saturated carbocycles. The van der Waals surface area contributed by atoms with Crippen LogP contribution in [0.1, 0.15) is 12.8 Å². The van der Waals surface area contributed by atoms with E-state index in [1.165, 1.54) is 0 Å². The molecule has 3 heteroatoms. The van der Waals surface area contributed by atoms with E-state index in [0.29, 0.717) is 0 Å². The summed E-state index contributed by atoms with van der Waals surface area (Å²) in [5, 5.41) is 8.05. The summed E-state index contributed by atoms with van der Waals surface area (Å²) in [7, 11) is 0. The number of hydrogen-bond donors (Lipinski definition) is 1. The van der Waals surface area contributed by atoms with Crippen LogP contribution in [0.15, 0.2) is 0 Å². The van der Waals surface area contributed by atoms with Crippen LogP contribution in [0.3, 0.4) is 0 Å². The number of carbonyl (C=O) groups is 1. The molecule has 1 rings (SSSR count). The first-order valence-electron chi connectivity index (χ1n) is 2.03. The fourth-order valence-corrected chi connectivity index (χ4v) is 0.330. The smallest absolute Gasteiger partial charge is 0.306 e. The van der Waals surface area contributed by atoms with Gasteiger partial charge in [-0.3, -0.25) is 4.79 Å². The van der Waals surface area contributed by atoms with Crippen molar-refractivity contribution in [1.29, 1.82) is 0 Å². The zero-order valence-corrected chi connectivity index (χ0v) is 4.65. The van der Waals surface area contributed by atoms with Gasteiger partial charge in [0.15, 0.2) is 0 Å². The minimum atomic E-state index is -0.630. The van der Waals surface area contributed by atoms with Crippen molar-refractivity contribution >= 4 is 5.97 Å². The Labute approximate surface area is 51.8 Å². The molecule has 0 unspecified atom stereocenters. The topological polar surface area (TPSA) is 37.3 Å². The average molecular weight is 145 g/mol. The van der Waals surface area contributed by atoms with Gasteiger partial charge in [-0.1, -0.05) is 0 Å². The van der Waals surface area contributed by atoms with Crippen molar-refractivity contribution in [2.75, 3.05) is 0 Å². The number of carboxylic acids is 1. The molecule has 0 amide bonds. The van der Waals surface area contributed by atoms with E-state index in [2.05, 4.69) is 0 Å². The van der Waals surface area contributed by atoms with Crippen LogP contribution >= 0.6 is 0 Å². The maximum atomic E-state index is 9.76. The van der Waals surface area contributed by atoms with E-state index in [1.54, 1.807) is 0 Å². The SMILES string of the molecule is O=C(O)C1CC1.[Ni]. The van der Waals surface area contributed by atoms with Gasteiger partial charge in [0.1, 0.15) is 0 Å². The molecule has 2 nitrogen and oxygen atoms in total. The molecule has 7 heavy (non-hydrogen) atoms. The minimum absolute atomic E-state index is 0.